The van der Waals surface area contributed by atoms with E-state index in [-0.39, 0.29) is 5.88 Å². The Bertz CT molecular complexity index is 349. The zero-order chi connectivity index (χ0) is 12.3. The number of hydrogen-bond donors (Lipinski definition) is 0. The van der Waals surface area contributed by atoms with E-state index in [0.29, 0.717) is 16.0 Å². The second-order valence-electron chi connectivity index (χ2n) is 3.80. The molecule has 0 amide bonds. The van der Waals surface area contributed by atoms with Crippen LogP contribution in [0.4, 0.5) is 13.2 Å². The maximum Gasteiger partial charge on any atom is 0.422 e. The van der Waals surface area contributed by atoms with Gasteiger partial charge in [0.25, 0.3) is 0 Å². The molecule has 0 fully saturated rings. The van der Waals surface area contributed by atoms with E-state index in [4.69, 9.17) is 0 Å². The normalized spacial score (nSPS) is 12.2. The van der Waals surface area contributed by atoms with Gasteiger partial charge in [0.15, 0.2) is 6.61 Å². The molecule has 16 heavy (non-hydrogen) atoms. The maximum atomic E-state index is 11.9. The number of alkyl halides is 3. The van der Waals surface area contributed by atoms with Crippen molar-refractivity contribution in [2.45, 2.75) is 26.6 Å². The molecule has 0 spiro atoms. The smallest absolute Gasteiger partial charge is 0.422 e. The molecule has 0 saturated carbocycles. The predicted octanol–water partition coefficient (Wildman–Crippen LogP) is 3.08. The van der Waals surface area contributed by atoms with Gasteiger partial charge >= 0.3 is 6.18 Å². The topological polar surface area (TPSA) is 27.1 Å². The molecular weight excluding hydrogens is 336 g/mol. The van der Waals surface area contributed by atoms with Gasteiger partial charge in [0.1, 0.15) is 0 Å². The van der Waals surface area contributed by atoms with Crippen LogP contribution in [-0.2, 0) is 6.54 Å². The lowest BCUT2D eigenvalue weighted by molar-refractivity contribution is -0.154. The van der Waals surface area contributed by atoms with Gasteiger partial charge in [0.2, 0.25) is 5.88 Å². The van der Waals surface area contributed by atoms with Gasteiger partial charge in [-0.15, -0.1) is 5.10 Å². The van der Waals surface area contributed by atoms with Crippen molar-refractivity contribution in [3.05, 3.63) is 9.77 Å². The molecule has 0 N–H and O–H groups in total. The molecule has 3 nitrogen and oxygen atoms in total. The SMILES string of the molecule is CC(C)Cn1cc(I)c(OCC(F)(F)F)n1. The van der Waals surface area contributed by atoms with E-state index in [2.05, 4.69) is 9.84 Å². The van der Waals surface area contributed by atoms with Gasteiger partial charge in [-0.3, -0.25) is 4.68 Å². The summed E-state index contributed by atoms with van der Waals surface area (Å²) >= 11 is 1.90. The van der Waals surface area contributed by atoms with E-state index >= 15 is 0 Å². The molecule has 0 aromatic carbocycles. The molecule has 7 heteroatoms. The zero-order valence-corrected chi connectivity index (χ0v) is 11.0. The maximum absolute atomic E-state index is 11.9. The highest BCUT2D eigenvalue weighted by molar-refractivity contribution is 14.1. The molecule has 0 atom stereocenters. The molecule has 0 aliphatic heterocycles. The van der Waals surface area contributed by atoms with E-state index < -0.39 is 12.8 Å². The fourth-order valence-electron chi connectivity index (χ4n) is 1.09. The number of rotatable bonds is 4. The third kappa shape index (κ3) is 4.58. The molecule has 0 unspecified atom stereocenters. The van der Waals surface area contributed by atoms with E-state index in [1.54, 1.807) is 10.9 Å². The summed E-state index contributed by atoms with van der Waals surface area (Å²) in [6.45, 7) is 3.36. The average Bonchev–Trinajstić information content (AvgIpc) is 2.40. The summed E-state index contributed by atoms with van der Waals surface area (Å²) in [6, 6.07) is 0. The van der Waals surface area contributed by atoms with Crippen molar-refractivity contribution >= 4 is 22.6 Å². The monoisotopic (exact) mass is 348 g/mol. The van der Waals surface area contributed by atoms with Gasteiger partial charge in [0.05, 0.1) is 3.57 Å². The number of hydrogen-bond acceptors (Lipinski definition) is 2. The molecule has 92 valence electrons. The number of halogens is 4. The first-order valence-corrected chi connectivity index (χ1v) is 5.78. The lowest BCUT2D eigenvalue weighted by atomic mass is 10.2. The van der Waals surface area contributed by atoms with Crippen LogP contribution >= 0.6 is 22.6 Å². The van der Waals surface area contributed by atoms with Crippen molar-refractivity contribution in [3.63, 3.8) is 0 Å². The Morgan fingerprint density at radius 2 is 2.12 bits per heavy atom. The Morgan fingerprint density at radius 1 is 1.50 bits per heavy atom. The van der Waals surface area contributed by atoms with Crippen molar-refractivity contribution in [2.24, 2.45) is 5.92 Å². The van der Waals surface area contributed by atoms with Gasteiger partial charge < -0.3 is 4.74 Å². The first kappa shape index (κ1) is 13.6. The molecule has 1 heterocycles. The van der Waals surface area contributed by atoms with Gasteiger partial charge in [-0.2, -0.15) is 13.2 Å². The minimum atomic E-state index is -4.33. The molecule has 0 saturated heterocycles. The Labute approximate surface area is 105 Å². The van der Waals surface area contributed by atoms with E-state index in [0.717, 1.165) is 0 Å². The lowest BCUT2D eigenvalue weighted by Gasteiger charge is -2.07. The van der Waals surface area contributed by atoms with E-state index in [9.17, 15) is 13.2 Å². The average molecular weight is 348 g/mol. The first-order valence-electron chi connectivity index (χ1n) is 4.70. The second kappa shape index (κ2) is 5.24. The quantitative estimate of drug-likeness (QED) is 0.782. The van der Waals surface area contributed by atoms with Gasteiger partial charge in [0, 0.05) is 12.7 Å². The summed E-state index contributed by atoms with van der Waals surface area (Å²) in [7, 11) is 0. The molecular formula is C9H12F3IN2O. The van der Waals surface area contributed by atoms with Crippen molar-refractivity contribution in [3.8, 4) is 5.88 Å². The Balaban J connectivity index is 2.63. The highest BCUT2D eigenvalue weighted by Gasteiger charge is 2.29. The predicted molar refractivity (Wildman–Crippen MR) is 61.3 cm³/mol. The minimum absolute atomic E-state index is 0.0403. The summed E-state index contributed by atoms with van der Waals surface area (Å²) in [4.78, 5) is 0. The summed E-state index contributed by atoms with van der Waals surface area (Å²) in [5, 5.41) is 3.94. The molecule has 0 aliphatic rings. The third-order valence-electron chi connectivity index (χ3n) is 1.61. The Hall–Kier alpha value is -0.470. The Morgan fingerprint density at radius 3 is 2.62 bits per heavy atom. The fraction of sp³-hybridized carbons (Fsp3) is 0.667. The largest absolute Gasteiger partial charge is 0.466 e. The van der Waals surface area contributed by atoms with Crippen LogP contribution in [0.25, 0.3) is 0 Å². The van der Waals surface area contributed by atoms with Gasteiger partial charge in [-0.25, -0.2) is 0 Å². The molecule has 1 aromatic heterocycles. The third-order valence-corrected chi connectivity index (χ3v) is 2.35. The molecule has 0 radical (unpaired) electrons. The second-order valence-corrected chi connectivity index (χ2v) is 4.96. The van der Waals surface area contributed by atoms with Crippen LogP contribution in [0.2, 0.25) is 0 Å². The van der Waals surface area contributed by atoms with Crippen LogP contribution in [-0.4, -0.2) is 22.6 Å². The number of nitrogens with zero attached hydrogens (tertiary/aromatic N) is 2. The van der Waals surface area contributed by atoms with Crippen LogP contribution in [0.5, 0.6) is 5.88 Å². The highest BCUT2D eigenvalue weighted by atomic mass is 127. The van der Waals surface area contributed by atoms with Crippen LogP contribution in [0.3, 0.4) is 0 Å². The minimum Gasteiger partial charge on any atom is -0.466 e. The van der Waals surface area contributed by atoms with Crippen molar-refractivity contribution < 1.29 is 17.9 Å². The molecule has 0 aliphatic carbocycles. The van der Waals surface area contributed by atoms with Crippen molar-refractivity contribution in [1.82, 2.24) is 9.78 Å². The van der Waals surface area contributed by atoms with Crippen LogP contribution in [0.15, 0.2) is 6.20 Å². The van der Waals surface area contributed by atoms with Crippen LogP contribution < -0.4 is 4.74 Å². The van der Waals surface area contributed by atoms with Crippen molar-refractivity contribution in [1.29, 1.82) is 0 Å². The number of aromatic nitrogens is 2. The molecule has 1 aromatic rings. The fourth-order valence-corrected chi connectivity index (χ4v) is 1.68. The van der Waals surface area contributed by atoms with Crippen LogP contribution in [0, 0.1) is 9.49 Å². The van der Waals surface area contributed by atoms with E-state index in [1.165, 1.54) is 0 Å². The zero-order valence-electron chi connectivity index (χ0n) is 8.88. The molecule has 1 rings (SSSR count). The van der Waals surface area contributed by atoms with Gasteiger partial charge in [-0.1, -0.05) is 13.8 Å². The molecule has 0 bridgehead atoms. The summed E-state index contributed by atoms with van der Waals surface area (Å²) in [5.74, 6) is 0.421. The number of ether oxygens (including phenoxy) is 1. The summed E-state index contributed by atoms with van der Waals surface area (Å²) < 4.78 is 42.6. The lowest BCUT2D eigenvalue weighted by Crippen LogP contribution is -2.19. The Kier molecular flexibility index (Phi) is 4.45. The standard InChI is InChI=1S/C9H12F3IN2O/c1-6(2)3-15-4-7(13)8(14-15)16-5-9(10,11)12/h4,6H,3,5H2,1-2H3. The summed E-state index contributed by atoms with van der Waals surface area (Å²) in [5.41, 5.74) is 0. The van der Waals surface area contributed by atoms with Crippen LogP contribution in [0.1, 0.15) is 13.8 Å². The highest BCUT2D eigenvalue weighted by Crippen LogP contribution is 2.22. The summed E-state index contributed by atoms with van der Waals surface area (Å²) in [6.07, 6.45) is -2.66. The van der Waals surface area contributed by atoms with Crippen molar-refractivity contribution in [2.75, 3.05) is 6.61 Å². The first-order chi connectivity index (χ1) is 7.28. The van der Waals surface area contributed by atoms with Gasteiger partial charge in [-0.05, 0) is 28.5 Å². The van der Waals surface area contributed by atoms with E-state index in [1.807, 2.05) is 36.4 Å².